The minimum Gasteiger partial charge on any atom is -0.383 e. The molecule has 2 saturated carbocycles. The molecule has 4 fully saturated rings. The molecule has 2 aromatic rings. The predicted octanol–water partition coefficient (Wildman–Crippen LogP) is 3.62. The van der Waals surface area contributed by atoms with Gasteiger partial charge in [-0.1, -0.05) is 12.8 Å². The number of piperidine rings is 1. The number of nitrogen functional groups attached to an aromatic ring is 1. The van der Waals surface area contributed by atoms with Gasteiger partial charge in [0.1, 0.15) is 5.82 Å². The molecular formula is C22H27F2N5O. The number of aromatic nitrogens is 3. The van der Waals surface area contributed by atoms with Crippen LogP contribution in [-0.4, -0.2) is 52.0 Å². The summed E-state index contributed by atoms with van der Waals surface area (Å²) in [7, 11) is 0. The number of likely N-dealkylation sites (tertiary alicyclic amines) is 1. The Kier molecular flexibility index (Phi) is 4.35. The van der Waals surface area contributed by atoms with Crippen molar-refractivity contribution in [2.75, 3.05) is 32.0 Å². The fraction of sp³-hybridized carbons (Fsp3) is 0.636. The summed E-state index contributed by atoms with van der Waals surface area (Å²) in [5, 5.41) is 4.92. The lowest BCUT2D eigenvalue weighted by atomic mass is 10.1. The Morgan fingerprint density at radius 2 is 1.80 bits per heavy atom. The third kappa shape index (κ3) is 2.95. The molecule has 0 aromatic carbocycles. The van der Waals surface area contributed by atoms with Crippen molar-refractivity contribution < 1.29 is 13.5 Å². The van der Waals surface area contributed by atoms with Crippen LogP contribution < -0.4 is 5.73 Å². The molecule has 4 heterocycles. The normalized spacial score (nSPS) is 29.5. The summed E-state index contributed by atoms with van der Waals surface area (Å²) < 4.78 is 34.2. The maximum Gasteiger partial charge on any atom is 0.267 e. The smallest absolute Gasteiger partial charge is 0.267 e. The quantitative estimate of drug-likeness (QED) is 0.808. The number of halogens is 2. The SMILES string of the molecule is Nc1ncc(-c2cc(C3[C@H]4CN(C5COC5)C[C@@H]34)n(C3CCCC3)n2)cc1C(F)F. The third-order valence-corrected chi connectivity index (χ3v) is 7.62. The molecule has 0 spiro atoms. The van der Waals surface area contributed by atoms with Crippen LogP contribution in [0, 0.1) is 11.8 Å². The monoisotopic (exact) mass is 415 g/mol. The Bertz CT molecular complexity index is 941. The van der Waals surface area contributed by atoms with Gasteiger partial charge in [-0.25, -0.2) is 13.8 Å². The molecule has 2 aromatic heterocycles. The lowest BCUT2D eigenvalue weighted by Gasteiger charge is -2.35. The largest absolute Gasteiger partial charge is 0.383 e. The van der Waals surface area contributed by atoms with Crippen molar-refractivity contribution in [3.8, 4) is 11.3 Å². The fourth-order valence-corrected chi connectivity index (χ4v) is 5.78. The highest BCUT2D eigenvalue weighted by Crippen LogP contribution is 2.59. The summed E-state index contributed by atoms with van der Waals surface area (Å²) in [4.78, 5) is 6.58. The number of hydrogen-bond acceptors (Lipinski definition) is 5. The first-order chi connectivity index (χ1) is 14.6. The summed E-state index contributed by atoms with van der Waals surface area (Å²) in [5.74, 6) is 1.77. The number of ether oxygens (including phenoxy) is 1. The number of nitrogens with two attached hydrogens (primary N) is 1. The molecule has 2 N–H and O–H groups in total. The van der Waals surface area contributed by atoms with Crippen LogP contribution in [0.5, 0.6) is 0 Å². The van der Waals surface area contributed by atoms with Crippen molar-refractivity contribution in [1.82, 2.24) is 19.7 Å². The molecule has 0 bridgehead atoms. The van der Waals surface area contributed by atoms with Crippen LogP contribution in [-0.2, 0) is 4.74 Å². The summed E-state index contributed by atoms with van der Waals surface area (Å²) >= 11 is 0. The molecule has 0 radical (unpaired) electrons. The van der Waals surface area contributed by atoms with E-state index in [0.717, 1.165) is 44.8 Å². The van der Waals surface area contributed by atoms with E-state index >= 15 is 0 Å². The maximum atomic E-state index is 13.3. The van der Waals surface area contributed by atoms with Crippen molar-refractivity contribution in [1.29, 1.82) is 0 Å². The molecule has 2 saturated heterocycles. The van der Waals surface area contributed by atoms with Crippen LogP contribution in [0.1, 0.15) is 55.3 Å². The number of anilines is 1. The van der Waals surface area contributed by atoms with E-state index in [9.17, 15) is 8.78 Å². The number of hydrogen-bond donors (Lipinski definition) is 1. The maximum absolute atomic E-state index is 13.3. The van der Waals surface area contributed by atoms with Gasteiger partial charge in [0.25, 0.3) is 6.43 Å². The predicted molar refractivity (Wildman–Crippen MR) is 108 cm³/mol. The second-order valence-corrected chi connectivity index (χ2v) is 9.34. The zero-order valence-electron chi connectivity index (χ0n) is 16.9. The molecule has 2 aliphatic carbocycles. The van der Waals surface area contributed by atoms with E-state index < -0.39 is 6.43 Å². The number of nitrogens with zero attached hydrogens (tertiary/aromatic N) is 4. The van der Waals surface area contributed by atoms with Crippen LogP contribution in [0.15, 0.2) is 18.3 Å². The standard InChI is InChI=1S/C22H27F2N5O/c23-21(24)15-5-12(7-26-22(15)25)18-6-19(29(27-18)13-3-1-2-4-13)20-16-8-28(9-17(16)20)14-10-30-11-14/h5-7,13-14,16-17,20-21H,1-4,8-11H2,(H2,25,26)/t16-,17+,20?. The van der Waals surface area contributed by atoms with Gasteiger partial charge >= 0.3 is 0 Å². The molecule has 3 atom stereocenters. The Hall–Kier alpha value is -2.06. The summed E-state index contributed by atoms with van der Waals surface area (Å²) in [6, 6.07) is 4.59. The zero-order chi connectivity index (χ0) is 20.4. The molecule has 2 aliphatic heterocycles. The van der Waals surface area contributed by atoms with Crippen LogP contribution >= 0.6 is 0 Å². The lowest BCUT2D eigenvalue weighted by Crippen LogP contribution is -2.48. The van der Waals surface area contributed by atoms with Crippen molar-refractivity contribution in [2.24, 2.45) is 11.8 Å². The highest BCUT2D eigenvalue weighted by Gasteiger charge is 2.59. The second kappa shape index (κ2) is 6.99. The van der Waals surface area contributed by atoms with E-state index in [1.165, 1.54) is 24.6 Å². The van der Waals surface area contributed by atoms with Crippen LogP contribution in [0.4, 0.5) is 14.6 Å². The number of pyridine rings is 1. The van der Waals surface area contributed by atoms with Crippen molar-refractivity contribution in [3.05, 3.63) is 29.6 Å². The summed E-state index contributed by atoms with van der Waals surface area (Å²) in [6.07, 6.45) is 3.67. The number of rotatable bonds is 5. The summed E-state index contributed by atoms with van der Waals surface area (Å²) in [6.45, 7) is 4.00. The number of fused-ring (bicyclic) bond motifs is 1. The minimum atomic E-state index is -2.64. The van der Waals surface area contributed by atoms with Crippen molar-refractivity contribution in [3.63, 3.8) is 0 Å². The van der Waals surface area contributed by atoms with Gasteiger partial charge in [0.15, 0.2) is 0 Å². The van der Waals surface area contributed by atoms with Gasteiger partial charge in [0.05, 0.1) is 36.6 Å². The topological polar surface area (TPSA) is 69.2 Å². The first-order valence-electron chi connectivity index (χ1n) is 11.1. The van der Waals surface area contributed by atoms with E-state index in [-0.39, 0.29) is 11.4 Å². The highest BCUT2D eigenvalue weighted by atomic mass is 19.3. The average molecular weight is 415 g/mol. The molecule has 160 valence electrons. The Morgan fingerprint density at radius 3 is 2.43 bits per heavy atom. The van der Waals surface area contributed by atoms with Crippen LogP contribution in [0.25, 0.3) is 11.3 Å². The van der Waals surface area contributed by atoms with Gasteiger partial charge in [-0.15, -0.1) is 0 Å². The third-order valence-electron chi connectivity index (χ3n) is 7.62. The molecule has 1 unspecified atom stereocenters. The lowest BCUT2D eigenvalue weighted by molar-refractivity contribution is -0.0610. The van der Waals surface area contributed by atoms with Gasteiger partial charge in [-0.05, 0) is 36.8 Å². The van der Waals surface area contributed by atoms with Gasteiger partial charge in [0.2, 0.25) is 0 Å². The molecule has 8 heteroatoms. The van der Waals surface area contributed by atoms with E-state index in [1.807, 2.05) is 0 Å². The van der Waals surface area contributed by atoms with Crippen molar-refractivity contribution in [2.45, 2.75) is 50.1 Å². The highest BCUT2D eigenvalue weighted by molar-refractivity contribution is 5.63. The Balaban J connectivity index is 1.31. The zero-order valence-corrected chi connectivity index (χ0v) is 16.9. The Morgan fingerprint density at radius 1 is 1.07 bits per heavy atom. The van der Waals surface area contributed by atoms with Gasteiger partial charge < -0.3 is 10.5 Å². The van der Waals surface area contributed by atoms with Crippen LogP contribution in [0.2, 0.25) is 0 Å². The fourth-order valence-electron chi connectivity index (χ4n) is 5.78. The summed E-state index contributed by atoms with van der Waals surface area (Å²) in [5.41, 5.74) is 8.07. The van der Waals surface area contributed by atoms with E-state index in [2.05, 4.69) is 20.6 Å². The van der Waals surface area contributed by atoms with E-state index in [4.69, 9.17) is 15.6 Å². The first kappa shape index (κ1) is 18.7. The molecule has 0 amide bonds. The molecule has 4 aliphatic rings. The minimum absolute atomic E-state index is 0.110. The molecule has 6 rings (SSSR count). The molecule has 6 nitrogen and oxygen atoms in total. The van der Waals surface area contributed by atoms with Gasteiger partial charge in [-0.2, -0.15) is 5.10 Å². The van der Waals surface area contributed by atoms with Crippen LogP contribution in [0.3, 0.4) is 0 Å². The number of alkyl halides is 2. The van der Waals surface area contributed by atoms with Gasteiger partial charge in [-0.3, -0.25) is 9.58 Å². The second-order valence-electron chi connectivity index (χ2n) is 9.34. The van der Waals surface area contributed by atoms with E-state index in [1.54, 1.807) is 6.20 Å². The molecular weight excluding hydrogens is 388 g/mol. The molecule has 30 heavy (non-hydrogen) atoms. The van der Waals surface area contributed by atoms with Crippen molar-refractivity contribution >= 4 is 5.82 Å². The Labute approximate surface area is 174 Å². The average Bonchev–Trinajstić information content (AvgIpc) is 3.18. The first-order valence-corrected chi connectivity index (χ1v) is 11.1. The van der Waals surface area contributed by atoms with Gasteiger partial charge in [0, 0.05) is 36.5 Å². The van der Waals surface area contributed by atoms with E-state index in [0.29, 0.717) is 35.4 Å².